The van der Waals surface area contributed by atoms with E-state index in [0.29, 0.717) is 5.56 Å². The van der Waals surface area contributed by atoms with Crippen molar-refractivity contribution in [3.8, 4) is 34.4 Å². The summed E-state index contributed by atoms with van der Waals surface area (Å²) in [6.45, 7) is 2.76. The van der Waals surface area contributed by atoms with Crippen molar-refractivity contribution >= 4 is 5.69 Å². The maximum atomic E-state index is 9.09. The normalized spacial score (nSPS) is 12.0. The lowest BCUT2D eigenvalue weighted by atomic mass is 10.1. The van der Waals surface area contributed by atoms with Crippen molar-refractivity contribution in [2.45, 2.75) is 6.54 Å². The lowest BCUT2D eigenvalue weighted by Gasteiger charge is -2.23. The van der Waals surface area contributed by atoms with E-state index in [9.17, 15) is 0 Å². The number of hydrogen-bond donors (Lipinski definition) is 0. The molecule has 0 aliphatic carbocycles. The number of rotatable bonds is 5. The Morgan fingerprint density at radius 2 is 1.81 bits per heavy atom. The lowest BCUT2D eigenvalue weighted by molar-refractivity contribution is 0.416. The van der Waals surface area contributed by atoms with Crippen LogP contribution in [0.15, 0.2) is 67.1 Å². The Bertz CT molecular complexity index is 1300. The molecule has 0 radical (unpaired) electrons. The van der Waals surface area contributed by atoms with E-state index < -0.39 is 0 Å². The van der Waals surface area contributed by atoms with E-state index in [2.05, 4.69) is 81.6 Å². The summed E-state index contributed by atoms with van der Waals surface area (Å²) in [4.78, 5) is 9.19. The molecule has 3 heterocycles. The number of hydrogen-bond acceptors (Lipinski definition) is 4. The Labute approximate surface area is 188 Å². The third-order valence-electron chi connectivity index (χ3n) is 6.10. The highest BCUT2D eigenvalue weighted by molar-refractivity contribution is 5.72. The topological polar surface area (TPSA) is 53.0 Å². The second-order valence-electron chi connectivity index (χ2n) is 8.59. The first-order valence-electron chi connectivity index (χ1n) is 10.8. The number of aromatic nitrogens is 3. The van der Waals surface area contributed by atoms with Gasteiger partial charge in [0.25, 0.3) is 0 Å². The Morgan fingerprint density at radius 3 is 2.56 bits per heavy atom. The quantitative estimate of drug-likeness (QED) is 0.425. The molecule has 0 atom stereocenters. The average molecular weight is 423 g/mol. The van der Waals surface area contributed by atoms with Gasteiger partial charge in [-0.1, -0.05) is 12.1 Å². The molecule has 1 aliphatic heterocycles. The maximum Gasteiger partial charge on any atom is 0.161 e. The van der Waals surface area contributed by atoms with Gasteiger partial charge in [0.1, 0.15) is 0 Å². The zero-order valence-corrected chi connectivity index (χ0v) is 18.7. The van der Waals surface area contributed by atoms with Gasteiger partial charge < -0.3 is 14.4 Å². The molecule has 0 spiro atoms. The number of fused-ring (bicyclic) bond motifs is 5. The van der Waals surface area contributed by atoms with Gasteiger partial charge in [-0.2, -0.15) is 5.26 Å². The minimum atomic E-state index is 0.671. The van der Waals surface area contributed by atoms with Crippen LogP contribution in [0.1, 0.15) is 11.1 Å². The molecule has 0 bridgehead atoms. The van der Waals surface area contributed by atoms with Crippen LogP contribution in [0.25, 0.3) is 28.3 Å². The third kappa shape index (κ3) is 3.57. The fraction of sp³-hybridized carbons (Fsp3) is 0.231. The fourth-order valence-electron chi connectivity index (χ4n) is 4.24. The van der Waals surface area contributed by atoms with Crippen molar-refractivity contribution in [3.63, 3.8) is 0 Å². The van der Waals surface area contributed by atoms with Gasteiger partial charge in [0, 0.05) is 56.5 Å². The van der Waals surface area contributed by atoms with E-state index in [1.807, 2.05) is 36.7 Å². The monoisotopic (exact) mass is 422 g/mol. The Kier molecular flexibility index (Phi) is 5.04. The Balaban J connectivity index is 1.55. The van der Waals surface area contributed by atoms with Gasteiger partial charge in [-0.05, 0) is 61.6 Å². The smallest absolute Gasteiger partial charge is 0.161 e. The van der Waals surface area contributed by atoms with Crippen LogP contribution >= 0.6 is 0 Å². The number of imidazole rings is 1. The number of likely N-dealkylation sites (N-methyl/N-ethyl adjacent to an activating group) is 2. The van der Waals surface area contributed by atoms with Crippen molar-refractivity contribution in [2.75, 3.05) is 39.1 Å². The summed E-state index contributed by atoms with van der Waals surface area (Å²) in [7, 11) is 6.35. The van der Waals surface area contributed by atoms with E-state index in [1.165, 1.54) is 16.9 Å². The second-order valence-corrected chi connectivity index (χ2v) is 8.59. The van der Waals surface area contributed by atoms with Crippen LogP contribution in [0.2, 0.25) is 0 Å². The van der Waals surface area contributed by atoms with Crippen LogP contribution in [-0.4, -0.2) is 53.3 Å². The molecule has 0 saturated heterocycles. The summed E-state index contributed by atoms with van der Waals surface area (Å²) in [5, 5.41) is 9.09. The molecule has 1 aliphatic rings. The van der Waals surface area contributed by atoms with Crippen LogP contribution in [0.5, 0.6) is 0 Å². The highest BCUT2D eigenvalue weighted by atomic mass is 15.2. The molecule has 4 aromatic rings. The van der Waals surface area contributed by atoms with Crippen molar-refractivity contribution in [3.05, 3.63) is 78.2 Å². The van der Waals surface area contributed by atoms with Crippen LogP contribution in [0, 0.1) is 11.3 Å². The summed E-state index contributed by atoms with van der Waals surface area (Å²) in [6.07, 6.45) is 6.08. The van der Waals surface area contributed by atoms with Gasteiger partial charge in [0.15, 0.2) is 5.82 Å². The van der Waals surface area contributed by atoms with Gasteiger partial charge in [-0.15, -0.1) is 0 Å². The minimum absolute atomic E-state index is 0.671. The average Bonchev–Trinajstić information content (AvgIpc) is 3.42. The highest BCUT2D eigenvalue weighted by Gasteiger charge is 2.21. The van der Waals surface area contributed by atoms with Gasteiger partial charge in [0.05, 0.1) is 23.0 Å². The Morgan fingerprint density at radius 1 is 1.00 bits per heavy atom. The molecule has 5 rings (SSSR count). The minimum Gasteiger partial charge on any atom is -0.373 e. The van der Waals surface area contributed by atoms with E-state index in [0.717, 1.165) is 42.3 Å². The van der Waals surface area contributed by atoms with E-state index in [1.54, 1.807) is 0 Å². The molecule has 160 valence electrons. The van der Waals surface area contributed by atoms with Crippen molar-refractivity contribution in [1.82, 2.24) is 19.0 Å². The van der Waals surface area contributed by atoms with E-state index in [4.69, 9.17) is 5.26 Å². The third-order valence-corrected chi connectivity index (χ3v) is 6.10. The zero-order chi connectivity index (χ0) is 22.2. The summed E-state index contributed by atoms with van der Waals surface area (Å²) in [6, 6.07) is 18.8. The molecule has 32 heavy (non-hydrogen) atoms. The molecule has 0 amide bonds. The number of benzene rings is 2. The summed E-state index contributed by atoms with van der Waals surface area (Å²) >= 11 is 0. The van der Waals surface area contributed by atoms with Crippen LogP contribution in [0.4, 0.5) is 5.69 Å². The molecular weight excluding hydrogens is 396 g/mol. The van der Waals surface area contributed by atoms with E-state index >= 15 is 0 Å². The Hall–Kier alpha value is -3.82. The fourth-order valence-corrected chi connectivity index (χ4v) is 4.24. The van der Waals surface area contributed by atoms with Crippen molar-refractivity contribution < 1.29 is 0 Å². The molecule has 0 saturated carbocycles. The molecule has 0 fully saturated rings. The lowest BCUT2D eigenvalue weighted by Crippen LogP contribution is -2.28. The van der Waals surface area contributed by atoms with Gasteiger partial charge >= 0.3 is 0 Å². The molecular formula is C26H26N6. The van der Waals surface area contributed by atoms with Crippen LogP contribution < -0.4 is 4.90 Å². The predicted molar refractivity (Wildman–Crippen MR) is 128 cm³/mol. The van der Waals surface area contributed by atoms with Gasteiger partial charge in [0.2, 0.25) is 0 Å². The zero-order valence-electron chi connectivity index (χ0n) is 18.7. The molecule has 2 aromatic heterocycles. The summed E-state index contributed by atoms with van der Waals surface area (Å²) in [5.74, 6) is 0.942. The largest absolute Gasteiger partial charge is 0.373 e. The molecule has 6 nitrogen and oxygen atoms in total. The molecule has 0 unspecified atom stereocenters. The number of nitrogens with zero attached hydrogens (tertiary/aromatic N) is 6. The highest BCUT2D eigenvalue weighted by Crippen LogP contribution is 2.35. The maximum absolute atomic E-state index is 9.09. The van der Waals surface area contributed by atoms with Crippen LogP contribution in [-0.2, 0) is 6.54 Å². The number of nitriles is 1. The van der Waals surface area contributed by atoms with Crippen molar-refractivity contribution in [1.29, 1.82) is 5.26 Å². The van der Waals surface area contributed by atoms with E-state index in [-0.39, 0.29) is 0 Å². The molecule has 0 N–H and O–H groups in total. The van der Waals surface area contributed by atoms with Crippen LogP contribution in [0.3, 0.4) is 0 Å². The summed E-state index contributed by atoms with van der Waals surface area (Å²) < 4.78 is 4.46. The van der Waals surface area contributed by atoms with Gasteiger partial charge in [-0.25, -0.2) is 4.98 Å². The van der Waals surface area contributed by atoms with Crippen molar-refractivity contribution in [2.24, 2.45) is 0 Å². The number of anilines is 1. The summed E-state index contributed by atoms with van der Waals surface area (Å²) in [5.41, 5.74) is 7.64. The molecule has 2 aromatic carbocycles. The second kappa shape index (κ2) is 8.03. The molecule has 6 heteroatoms. The first-order valence-corrected chi connectivity index (χ1v) is 10.8. The first kappa shape index (κ1) is 20.1. The SMILES string of the molecule is CN(C)CCN(C)c1ccc2c(c1)Cn1cc(-c3ccc(C#N)cc3)cc1-c1nccn1-2. The first-order chi connectivity index (χ1) is 15.5. The van der Waals surface area contributed by atoms with Gasteiger partial charge in [-0.3, -0.25) is 4.57 Å². The predicted octanol–water partition coefficient (Wildman–Crippen LogP) is 4.24. The standard InChI is InChI=1S/C26H26N6/c1-29(2)12-13-30(3)23-8-9-24-22(14-23)18-31-17-21(20-6-4-19(16-27)5-7-20)15-25(31)26-28-10-11-32(24)26/h4-11,14-15,17H,12-13,18H2,1-3H3.